The summed E-state index contributed by atoms with van der Waals surface area (Å²) in [6, 6.07) is -1.14. The van der Waals surface area contributed by atoms with Crippen molar-refractivity contribution in [2.24, 2.45) is 5.92 Å². The minimum Gasteiger partial charge on any atom is -0.464 e. The van der Waals surface area contributed by atoms with Gasteiger partial charge in [0.15, 0.2) is 0 Å². The molecule has 6 heteroatoms. The third-order valence-corrected chi connectivity index (χ3v) is 4.03. The van der Waals surface area contributed by atoms with Crippen LogP contribution in [0.1, 0.15) is 47.0 Å². The number of halogens is 1. The molecule has 4 atom stereocenters. The number of alkyl halides is 1. The lowest BCUT2D eigenvalue weighted by molar-refractivity contribution is -0.162. The van der Waals surface area contributed by atoms with E-state index in [1.165, 1.54) is 4.90 Å². The Labute approximate surface area is 124 Å². The van der Waals surface area contributed by atoms with Gasteiger partial charge < -0.3 is 9.47 Å². The second-order valence-corrected chi connectivity index (χ2v) is 6.73. The first-order valence-electron chi connectivity index (χ1n) is 7.56. The van der Waals surface area contributed by atoms with Crippen LogP contribution in [0.5, 0.6) is 0 Å². The van der Waals surface area contributed by atoms with E-state index in [0.29, 0.717) is 12.8 Å². The lowest BCUT2D eigenvalue weighted by atomic mass is 9.73. The summed E-state index contributed by atoms with van der Waals surface area (Å²) in [5, 5.41) is 0. The summed E-state index contributed by atoms with van der Waals surface area (Å²) in [6.45, 7) is 7.22. The first kappa shape index (κ1) is 16.0. The molecule has 21 heavy (non-hydrogen) atoms. The SMILES string of the molecule is CCOC(=O)[C@@H]1[C@@H]2CC[C@H](C[C@@H]2F)N1C(=O)OC(C)(C)C. The highest BCUT2D eigenvalue weighted by atomic mass is 19.1. The molecule has 0 spiro atoms. The molecule has 0 unspecified atom stereocenters. The van der Waals surface area contributed by atoms with E-state index in [-0.39, 0.29) is 19.1 Å². The van der Waals surface area contributed by atoms with Crippen LogP contribution in [0.4, 0.5) is 9.18 Å². The van der Waals surface area contributed by atoms with E-state index in [4.69, 9.17) is 9.47 Å². The normalized spacial score (nSPS) is 32.0. The molecule has 2 heterocycles. The van der Waals surface area contributed by atoms with Crippen LogP contribution in [-0.4, -0.2) is 47.4 Å². The third-order valence-electron chi connectivity index (χ3n) is 4.03. The number of carbonyl (C=O) groups is 2. The average molecular weight is 301 g/mol. The highest BCUT2D eigenvalue weighted by Crippen LogP contribution is 2.42. The molecule has 1 saturated carbocycles. The number of fused-ring (bicyclic) bond motifs is 3. The van der Waals surface area contributed by atoms with Gasteiger partial charge in [0.05, 0.1) is 6.61 Å². The molecule has 1 aliphatic carbocycles. The molecule has 120 valence electrons. The van der Waals surface area contributed by atoms with Gasteiger partial charge in [-0.1, -0.05) is 0 Å². The van der Waals surface area contributed by atoms with Gasteiger partial charge in [-0.15, -0.1) is 0 Å². The maximum atomic E-state index is 14.1. The number of rotatable bonds is 2. The second-order valence-electron chi connectivity index (χ2n) is 6.73. The maximum Gasteiger partial charge on any atom is 0.411 e. The second kappa shape index (κ2) is 5.81. The van der Waals surface area contributed by atoms with Crippen molar-refractivity contribution in [1.82, 2.24) is 4.90 Å². The smallest absolute Gasteiger partial charge is 0.411 e. The molecule has 3 rings (SSSR count). The minimum atomic E-state index is -1.06. The quantitative estimate of drug-likeness (QED) is 0.736. The summed E-state index contributed by atoms with van der Waals surface area (Å²) in [5.41, 5.74) is -0.651. The fourth-order valence-electron chi connectivity index (χ4n) is 3.25. The summed E-state index contributed by atoms with van der Waals surface area (Å²) in [5.74, 6) is -1.01. The Hall–Kier alpha value is -1.33. The van der Waals surface area contributed by atoms with Gasteiger partial charge in [-0.2, -0.15) is 0 Å². The van der Waals surface area contributed by atoms with E-state index in [1.54, 1.807) is 27.7 Å². The molecule has 0 aromatic rings. The zero-order chi connectivity index (χ0) is 15.8. The zero-order valence-corrected chi connectivity index (χ0v) is 13.1. The van der Waals surface area contributed by atoms with Gasteiger partial charge in [0, 0.05) is 12.0 Å². The molecule has 2 aliphatic heterocycles. The third kappa shape index (κ3) is 3.30. The van der Waals surface area contributed by atoms with E-state index in [0.717, 1.165) is 0 Å². The van der Waals surface area contributed by atoms with Crippen molar-refractivity contribution in [3.8, 4) is 0 Å². The molecule has 0 N–H and O–H groups in total. The number of hydrogen-bond acceptors (Lipinski definition) is 4. The van der Waals surface area contributed by atoms with Gasteiger partial charge in [-0.25, -0.2) is 14.0 Å². The largest absolute Gasteiger partial charge is 0.464 e. The minimum absolute atomic E-state index is 0.214. The molecule has 1 amide bonds. The summed E-state index contributed by atoms with van der Waals surface area (Å²) in [4.78, 5) is 26.0. The standard InChI is InChI=1S/C15H24FNO4/c1-5-20-13(18)12-10-7-6-9(8-11(10)16)17(12)14(19)21-15(2,3)4/h9-12H,5-8H2,1-4H3/t9-,10-,11+,12+/m1/s1. The van der Waals surface area contributed by atoms with Crippen LogP contribution < -0.4 is 0 Å². The molecule has 3 fully saturated rings. The van der Waals surface area contributed by atoms with E-state index in [2.05, 4.69) is 0 Å². The van der Waals surface area contributed by atoms with Crippen molar-refractivity contribution in [2.45, 2.75) is 70.8 Å². The van der Waals surface area contributed by atoms with Crippen molar-refractivity contribution in [3.05, 3.63) is 0 Å². The van der Waals surface area contributed by atoms with Crippen LogP contribution in [0, 0.1) is 5.92 Å². The summed E-state index contributed by atoms with van der Waals surface area (Å²) < 4.78 is 24.5. The van der Waals surface area contributed by atoms with Crippen molar-refractivity contribution >= 4 is 12.1 Å². The van der Waals surface area contributed by atoms with E-state index in [1.807, 2.05) is 0 Å². The number of hydrogen-bond donors (Lipinski definition) is 0. The van der Waals surface area contributed by atoms with Crippen molar-refractivity contribution in [1.29, 1.82) is 0 Å². The van der Waals surface area contributed by atoms with Crippen LogP contribution in [0.25, 0.3) is 0 Å². The van der Waals surface area contributed by atoms with Crippen molar-refractivity contribution < 1.29 is 23.5 Å². The van der Waals surface area contributed by atoms with Crippen LogP contribution in [-0.2, 0) is 14.3 Å². The summed E-state index contributed by atoms with van der Waals surface area (Å²) in [7, 11) is 0. The first-order chi connectivity index (χ1) is 9.74. The molecule has 2 bridgehead atoms. The molecule has 2 saturated heterocycles. The highest BCUT2D eigenvalue weighted by molar-refractivity contribution is 5.83. The van der Waals surface area contributed by atoms with Crippen LogP contribution >= 0.6 is 0 Å². The molecule has 3 aliphatic rings. The fourth-order valence-corrected chi connectivity index (χ4v) is 3.25. The highest BCUT2D eigenvalue weighted by Gasteiger charge is 2.54. The molecular formula is C15H24FNO4. The number of esters is 1. The van der Waals surface area contributed by atoms with Gasteiger partial charge in [0.1, 0.15) is 17.8 Å². The Morgan fingerprint density at radius 2 is 1.95 bits per heavy atom. The number of nitrogens with zero attached hydrogens (tertiary/aromatic N) is 1. The molecular weight excluding hydrogens is 277 g/mol. The summed E-state index contributed by atoms with van der Waals surface area (Å²) >= 11 is 0. The van der Waals surface area contributed by atoms with E-state index in [9.17, 15) is 14.0 Å². The van der Waals surface area contributed by atoms with Crippen LogP contribution in [0.2, 0.25) is 0 Å². The Bertz CT molecular complexity index is 420. The van der Waals surface area contributed by atoms with Gasteiger partial charge >= 0.3 is 12.1 Å². The molecule has 5 nitrogen and oxygen atoms in total. The monoisotopic (exact) mass is 301 g/mol. The van der Waals surface area contributed by atoms with Gasteiger partial charge in [-0.05, 0) is 47.0 Å². The fraction of sp³-hybridized carbons (Fsp3) is 0.867. The van der Waals surface area contributed by atoms with Gasteiger partial charge in [0.25, 0.3) is 0 Å². The van der Waals surface area contributed by atoms with Crippen molar-refractivity contribution in [2.75, 3.05) is 6.61 Å². The number of ether oxygens (including phenoxy) is 2. The zero-order valence-electron chi connectivity index (χ0n) is 13.1. The van der Waals surface area contributed by atoms with Crippen molar-refractivity contribution in [3.63, 3.8) is 0 Å². The van der Waals surface area contributed by atoms with Gasteiger partial charge in [0.2, 0.25) is 0 Å². The molecule has 0 radical (unpaired) electrons. The molecule has 0 aromatic carbocycles. The predicted molar refractivity (Wildman–Crippen MR) is 74.5 cm³/mol. The number of piperidine rings is 2. The number of amides is 1. The maximum absolute atomic E-state index is 14.1. The Morgan fingerprint density at radius 3 is 2.48 bits per heavy atom. The van der Waals surface area contributed by atoms with Gasteiger partial charge in [-0.3, -0.25) is 4.90 Å². The van der Waals surface area contributed by atoms with Crippen LogP contribution in [0.15, 0.2) is 0 Å². The lowest BCUT2D eigenvalue weighted by Crippen LogP contribution is -2.64. The first-order valence-corrected chi connectivity index (χ1v) is 7.56. The predicted octanol–water partition coefficient (Wildman–Crippen LogP) is 2.68. The van der Waals surface area contributed by atoms with E-state index >= 15 is 0 Å². The number of carbonyl (C=O) groups excluding carboxylic acids is 2. The Morgan fingerprint density at radius 1 is 1.29 bits per heavy atom. The van der Waals surface area contributed by atoms with E-state index < -0.39 is 35.8 Å². The Balaban J connectivity index is 2.23. The summed E-state index contributed by atoms with van der Waals surface area (Å²) in [6.07, 6.45) is -0.0201. The lowest BCUT2D eigenvalue weighted by Gasteiger charge is -2.50. The van der Waals surface area contributed by atoms with Crippen LogP contribution in [0.3, 0.4) is 0 Å². The average Bonchev–Trinajstić information content (AvgIpc) is 2.36. The molecule has 0 aromatic heterocycles. The Kier molecular flexibility index (Phi) is 4.44. The topological polar surface area (TPSA) is 55.8 Å².